The molecule has 2 N–H and O–H groups in total. The van der Waals surface area contributed by atoms with E-state index < -0.39 is 0 Å². The minimum atomic E-state index is -0.332. The highest BCUT2D eigenvalue weighted by molar-refractivity contribution is 5.00. The number of ether oxygens (including phenoxy) is 1. The Morgan fingerprint density at radius 2 is 2.42 bits per heavy atom. The Kier molecular flexibility index (Phi) is 3.79. The standard InChI is InChI=1S/C12H20N4O3/c1-2-16-3-4-18-10(7-16)11-14-12(19-15-11)9-5-8(17)6-13-9/h8-10,13,17H,2-7H2,1H3/t8?,9-,10?/m0/s1. The molecule has 0 bridgehead atoms. The van der Waals surface area contributed by atoms with Gasteiger partial charge in [0.15, 0.2) is 0 Å². The van der Waals surface area contributed by atoms with Crippen molar-refractivity contribution in [3.05, 3.63) is 11.7 Å². The quantitative estimate of drug-likeness (QED) is 0.789. The van der Waals surface area contributed by atoms with Crippen molar-refractivity contribution in [2.75, 3.05) is 32.8 Å². The van der Waals surface area contributed by atoms with Crippen LogP contribution in [0.1, 0.15) is 37.2 Å². The summed E-state index contributed by atoms with van der Waals surface area (Å²) < 4.78 is 11.0. The number of morpholine rings is 1. The summed E-state index contributed by atoms with van der Waals surface area (Å²) in [6.07, 6.45) is 0.174. The van der Waals surface area contributed by atoms with Crippen LogP contribution in [-0.2, 0) is 4.74 Å². The van der Waals surface area contributed by atoms with E-state index in [4.69, 9.17) is 9.26 Å². The van der Waals surface area contributed by atoms with Crippen molar-refractivity contribution < 1.29 is 14.4 Å². The molecule has 0 saturated carbocycles. The van der Waals surface area contributed by atoms with E-state index in [1.54, 1.807) is 0 Å². The normalized spacial score (nSPS) is 32.8. The fraction of sp³-hybridized carbons (Fsp3) is 0.833. The highest BCUT2D eigenvalue weighted by Gasteiger charge is 2.31. The van der Waals surface area contributed by atoms with E-state index in [9.17, 15) is 5.11 Å². The second-order valence-electron chi connectivity index (χ2n) is 5.09. The molecular formula is C12H20N4O3. The molecule has 0 aromatic carbocycles. The number of aromatic nitrogens is 2. The molecule has 3 atom stereocenters. The molecule has 2 fully saturated rings. The van der Waals surface area contributed by atoms with Gasteiger partial charge in [-0.2, -0.15) is 4.98 Å². The molecule has 2 saturated heterocycles. The number of hydrogen-bond donors (Lipinski definition) is 2. The SMILES string of the molecule is CCN1CCOC(c2noc([C@@H]3CC(O)CN3)n2)C1. The fourth-order valence-electron chi connectivity index (χ4n) is 2.57. The Morgan fingerprint density at radius 1 is 1.53 bits per heavy atom. The van der Waals surface area contributed by atoms with Crippen LogP contribution in [0.4, 0.5) is 0 Å². The van der Waals surface area contributed by atoms with Crippen LogP contribution < -0.4 is 5.32 Å². The van der Waals surface area contributed by atoms with Gasteiger partial charge in [-0.15, -0.1) is 0 Å². The third kappa shape index (κ3) is 2.79. The van der Waals surface area contributed by atoms with Crippen LogP contribution in [0.25, 0.3) is 0 Å². The topological polar surface area (TPSA) is 83.7 Å². The predicted octanol–water partition coefficient (Wildman–Crippen LogP) is -0.142. The van der Waals surface area contributed by atoms with Crippen molar-refractivity contribution >= 4 is 0 Å². The maximum atomic E-state index is 9.50. The summed E-state index contributed by atoms with van der Waals surface area (Å²) in [5.74, 6) is 1.15. The average Bonchev–Trinajstić information content (AvgIpc) is 3.07. The molecule has 0 radical (unpaired) electrons. The molecular weight excluding hydrogens is 248 g/mol. The largest absolute Gasteiger partial charge is 0.392 e. The molecule has 7 heteroatoms. The van der Waals surface area contributed by atoms with Gasteiger partial charge >= 0.3 is 0 Å². The first-order valence-electron chi connectivity index (χ1n) is 6.85. The van der Waals surface area contributed by atoms with Gasteiger partial charge in [-0.25, -0.2) is 0 Å². The van der Waals surface area contributed by atoms with E-state index in [1.807, 2.05) is 0 Å². The third-order valence-electron chi connectivity index (χ3n) is 3.75. The number of rotatable bonds is 3. The van der Waals surface area contributed by atoms with Crippen molar-refractivity contribution in [1.82, 2.24) is 20.4 Å². The van der Waals surface area contributed by atoms with Crippen molar-refractivity contribution in [3.8, 4) is 0 Å². The van der Waals surface area contributed by atoms with Crippen molar-refractivity contribution in [3.63, 3.8) is 0 Å². The van der Waals surface area contributed by atoms with E-state index in [0.29, 0.717) is 31.3 Å². The second-order valence-corrected chi connectivity index (χ2v) is 5.09. The van der Waals surface area contributed by atoms with Gasteiger partial charge in [0, 0.05) is 19.6 Å². The minimum absolute atomic E-state index is 0.0397. The summed E-state index contributed by atoms with van der Waals surface area (Å²) in [4.78, 5) is 6.72. The molecule has 1 aromatic heterocycles. The first kappa shape index (κ1) is 13.0. The van der Waals surface area contributed by atoms with Crippen molar-refractivity contribution in [2.24, 2.45) is 0 Å². The van der Waals surface area contributed by atoms with E-state index >= 15 is 0 Å². The summed E-state index contributed by atoms with van der Waals surface area (Å²) in [5, 5.41) is 16.7. The number of hydrogen-bond acceptors (Lipinski definition) is 7. The number of nitrogens with one attached hydrogen (secondary N) is 1. The van der Waals surface area contributed by atoms with Crippen LogP contribution in [0.15, 0.2) is 4.52 Å². The lowest BCUT2D eigenvalue weighted by Gasteiger charge is -2.30. The molecule has 19 heavy (non-hydrogen) atoms. The Hall–Kier alpha value is -1.02. The zero-order chi connectivity index (χ0) is 13.2. The Labute approximate surface area is 111 Å². The first-order valence-corrected chi connectivity index (χ1v) is 6.85. The van der Waals surface area contributed by atoms with Crippen molar-refractivity contribution in [2.45, 2.75) is 31.6 Å². The average molecular weight is 268 g/mol. The highest BCUT2D eigenvalue weighted by Crippen LogP contribution is 2.25. The highest BCUT2D eigenvalue weighted by atomic mass is 16.5. The predicted molar refractivity (Wildman–Crippen MR) is 66.5 cm³/mol. The second kappa shape index (κ2) is 5.54. The lowest BCUT2D eigenvalue weighted by Crippen LogP contribution is -2.38. The van der Waals surface area contributed by atoms with Gasteiger partial charge in [-0.1, -0.05) is 12.1 Å². The first-order chi connectivity index (χ1) is 9.26. The van der Waals surface area contributed by atoms with E-state index in [2.05, 4.69) is 27.3 Å². The Morgan fingerprint density at radius 3 is 3.16 bits per heavy atom. The van der Waals surface area contributed by atoms with E-state index in [-0.39, 0.29) is 18.2 Å². The summed E-state index contributed by atoms with van der Waals surface area (Å²) in [5.41, 5.74) is 0. The number of nitrogens with zero attached hydrogens (tertiary/aromatic N) is 3. The monoisotopic (exact) mass is 268 g/mol. The zero-order valence-electron chi connectivity index (χ0n) is 11.1. The number of likely N-dealkylation sites (N-methyl/N-ethyl adjacent to an activating group) is 1. The van der Waals surface area contributed by atoms with Crippen LogP contribution >= 0.6 is 0 Å². The van der Waals surface area contributed by atoms with Crippen LogP contribution in [-0.4, -0.2) is 59.0 Å². The van der Waals surface area contributed by atoms with Gasteiger partial charge in [-0.05, 0) is 13.0 Å². The minimum Gasteiger partial charge on any atom is -0.392 e. The van der Waals surface area contributed by atoms with Gasteiger partial charge in [0.05, 0.1) is 18.8 Å². The van der Waals surface area contributed by atoms with Crippen LogP contribution in [0.5, 0.6) is 0 Å². The summed E-state index contributed by atoms with van der Waals surface area (Å²) >= 11 is 0. The van der Waals surface area contributed by atoms with Gasteiger partial charge < -0.3 is 19.7 Å². The third-order valence-corrected chi connectivity index (χ3v) is 3.75. The molecule has 0 aliphatic carbocycles. The molecule has 3 heterocycles. The molecule has 0 amide bonds. The molecule has 1 aromatic rings. The smallest absolute Gasteiger partial charge is 0.243 e. The van der Waals surface area contributed by atoms with Crippen LogP contribution in [0, 0.1) is 0 Å². The van der Waals surface area contributed by atoms with E-state index in [0.717, 1.165) is 19.6 Å². The molecule has 2 aliphatic heterocycles. The summed E-state index contributed by atoms with van der Waals surface area (Å²) in [6, 6.07) is -0.0397. The molecule has 2 aliphatic rings. The summed E-state index contributed by atoms with van der Waals surface area (Å²) in [6.45, 7) is 6.16. The van der Waals surface area contributed by atoms with Crippen LogP contribution in [0.2, 0.25) is 0 Å². The Balaban J connectivity index is 1.67. The molecule has 3 rings (SSSR count). The maximum absolute atomic E-state index is 9.50. The van der Waals surface area contributed by atoms with Gasteiger partial charge in [0.2, 0.25) is 11.7 Å². The number of aliphatic hydroxyl groups excluding tert-OH is 1. The van der Waals surface area contributed by atoms with Gasteiger partial charge in [-0.3, -0.25) is 4.90 Å². The molecule has 2 unspecified atom stereocenters. The molecule has 0 spiro atoms. The molecule has 106 valence electrons. The van der Waals surface area contributed by atoms with Gasteiger partial charge in [0.25, 0.3) is 0 Å². The molecule has 7 nitrogen and oxygen atoms in total. The lowest BCUT2D eigenvalue weighted by molar-refractivity contribution is -0.0334. The van der Waals surface area contributed by atoms with E-state index in [1.165, 1.54) is 0 Å². The fourth-order valence-corrected chi connectivity index (χ4v) is 2.57. The van der Waals surface area contributed by atoms with Crippen molar-refractivity contribution in [1.29, 1.82) is 0 Å². The maximum Gasteiger partial charge on any atom is 0.243 e. The lowest BCUT2D eigenvalue weighted by atomic mass is 10.2. The summed E-state index contributed by atoms with van der Waals surface area (Å²) in [7, 11) is 0. The van der Waals surface area contributed by atoms with Crippen LogP contribution in [0.3, 0.4) is 0 Å². The van der Waals surface area contributed by atoms with Gasteiger partial charge in [0.1, 0.15) is 6.10 Å². The zero-order valence-corrected chi connectivity index (χ0v) is 11.1. The number of β-amino-alcohol motifs (C(OH)–C–C–N with tert-alkyl or cyclic N) is 1. The number of aliphatic hydroxyl groups is 1. The Bertz CT molecular complexity index is 425.